The normalized spacial score (nSPS) is 27.6. The van der Waals surface area contributed by atoms with Crippen LogP contribution in [0.3, 0.4) is 0 Å². The number of carbonyl (C=O) groups is 2. The largest absolute Gasteiger partial charge is 0.276 e. The summed E-state index contributed by atoms with van der Waals surface area (Å²) < 4.78 is 27.0. The summed E-state index contributed by atoms with van der Waals surface area (Å²) in [6.07, 6.45) is 5.92. The Labute approximate surface area is 151 Å². The molecule has 2 fully saturated rings. The first-order valence-corrected chi connectivity index (χ1v) is 10.8. The molecule has 1 aromatic heterocycles. The molecule has 0 spiro atoms. The lowest BCUT2D eigenvalue weighted by molar-refractivity contribution is -0.145. The molecule has 1 aliphatic carbocycles. The topological polar surface area (TPSA) is 74.8 Å². The van der Waals surface area contributed by atoms with Crippen molar-refractivity contribution in [2.24, 2.45) is 11.8 Å². The highest BCUT2D eigenvalue weighted by atomic mass is 32.2. The molecule has 2 saturated heterocycles. The number of amides is 2. The second kappa shape index (κ2) is 6.03. The van der Waals surface area contributed by atoms with Gasteiger partial charge in [0.2, 0.25) is 11.8 Å². The first-order valence-electron chi connectivity index (χ1n) is 8.54. The molecular formula is C17H20N2O4S2. The molecule has 4 rings (SSSR count). The fourth-order valence-electron chi connectivity index (χ4n) is 3.78. The number of aryl methyl sites for hydroxylation is 1. The lowest BCUT2D eigenvalue weighted by atomic mass is 9.85. The van der Waals surface area contributed by atoms with Crippen LogP contribution in [-0.2, 0) is 26.0 Å². The molecule has 0 radical (unpaired) electrons. The minimum Gasteiger partial charge on any atom is -0.276 e. The van der Waals surface area contributed by atoms with Crippen molar-refractivity contribution in [3.05, 3.63) is 29.2 Å². The minimum atomic E-state index is -3.52. The van der Waals surface area contributed by atoms with Crippen molar-refractivity contribution in [3.63, 3.8) is 0 Å². The number of imide groups is 1. The van der Waals surface area contributed by atoms with Crippen LogP contribution in [0, 0.1) is 11.8 Å². The van der Waals surface area contributed by atoms with Crippen molar-refractivity contribution in [1.82, 2.24) is 9.21 Å². The Hall–Kier alpha value is -1.51. The van der Waals surface area contributed by atoms with E-state index < -0.39 is 10.0 Å². The molecule has 1 aromatic rings. The number of allylic oxidation sites excluding steroid dienone is 2. The summed E-state index contributed by atoms with van der Waals surface area (Å²) in [6.45, 7) is 2.39. The van der Waals surface area contributed by atoms with Crippen LogP contribution >= 0.6 is 11.3 Å². The van der Waals surface area contributed by atoms with E-state index in [-0.39, 0.29) is 42.8 Å². The number of fused-ring (bicyclic) bond motifs is 1. The summed E-state index contributed by atoms with van der Waals surface area (Å²) in [5.74, 6) is -0.781. The summed E-state index contributed by atoms with van der Waals surface area (Å²) in [4.78, 5) is 27.5. The van der Waals surface area contributed by atoms with E-state index in [1.165, 1.54) is 20.5 Å². The Bertz CT molecular complexity index is 826. The maximum atomic E-state index is 12.7. The Morgan fingerprint density at radius 2 is 1.68 bits per heavy atom. The monoisotopic (exact) mass is 380 g/mol. The predicted octanol–water partition coefficient (Wildman–Crippen LogP) is 1.63. The van der Waals surface area contributed by atoms with Gasteiger partial charge in [-0.1, -0.05) is 19.1 Å². The second-order valence-electron chi connectivity index (χ2n) is 6.75. The zero-order chi connectivity index (χ0) is 17.8. The first-order chi connectivity index (χ1) is 11.9. The van der Waals surface area contributed by atoms with Crippen molar-refractivity contribution in [2.75, 3.05) is 13.1 Å². The molecule has 8 heteroatoms. The number of hydrogen-bond acceptors (Lipinski definition) is 5. The highest BCUT2D eigenvalue weighted by molar-refractivity contribution is 7.91. The molecule has 0 unspecified atom stereocenters. The molecule has 0 saturated carbocycles. The van der Waals surface area contributed by atoms with Gasteiger partial charge in [-0.2, -0.15) is 4.31 Å². The van der Waals surface area contributed by atoms with Crippen LogP contribution in [0.2, 0.25) is 0 Å². The summed E-state index contributed by atoms with van der Waals surface area (Å²) in [6, 6.07) is 3.14. The van der Waals surface area contributed by atoms with Crippen LogP contribution < -0.4 is 0 Å². The van der Waals surface area contributed by atoms with Crippen LogP contribution in [-0.4, -0.2) is 48.6 Å². The van der Waals surface area contributed by atoms with E-state index in [4.69, 9.17) is 0 Å². The van der Waals surface area contributed by atoms with Gasteiger partial charge in [0.1, 0.15) is 4.21 Å². The summed E-state index contributed by atoms with van der Waals surface area (Å²) in [7, 11) is -3.52. The van der Waals surface area contributed by atoms with Gasteiger partial charge < -0.3 is 0 Å². The van der Waals surface area contributed by atoms with Crippen LogP contribution in [0.1, 0.15) is 24.6 Å². The standard InChI is InChI=1S/C17H20N2O4S2/c1-2-12-7-8-15(24-12)25(22,23)18-9-11(10-18)19-16(20)13-5-3-4-6-14(13)17(19)21/h3-4,7-8,11,13-14H,2,5-6,9-10H2,1H3/t13-,14-/m0/s1. The van der Waals surface area contributed by atoms with E-state index in [1.807, 2.05) is 25.1 Å². The molecule has 2 aliphatic heterocycles. The number of carbonyl (C=O) groups excluding carboxylic acids is 2. The molecule has 3 heterocycles. The molecular weight excluding hydrogens is 360 g/mol. The minimum absolute atomic E-state index is 0.134. The molecule has 2 atom stereocenters. The van der Waals surface area contributed by atoms with Gasteiger partial charge >= 0.3 is 0 Å². The maximum absolute atomic E-state index is 12.7. The summed E-state index contributed by atoms with van der Waals surface area (Å²) >= 11 is 1.28. The Kier molecular flexibility index (Phi) is 4.09. The SMILES string of the molecule is CCc1ccc(S(=O)(=O)N2CC(N3C(=O)[C@H]4CC=CC[C@@H]4C3=O)C2)s1. The fourth-order valence-corrected chi connectivity index (χ4v) is 6.74. The third kappa shape index (κ3) is 2.58. The van der Waals surface area contributed by atoms with Gasteiger partial charge in [-0.3, -0.25) is 14.5 Å². The van der Waals surface area contributed by atoms with E-state index in [0.717, 1.165) is 11.3 Å². The average Bonchev–Trinajstić information content (AvgIpc) is 3.14. The Balaban J connectivity index is 1.47. The Morgan fingerprint density at radius 1 is 1.08 bits per heavy atom. The van der Waals surface area contributed by atoms with Gasteiger partial charge in [0.25, 0.3) is 10.0 Å². The quantitative estimate of drug-likeness (QED) is 0.588. The van der Waals surface area contributed by atoms with Gasteiger partial charge in [-0.05, 0) is 31.4 Å². The van der Waals surface area contributed by atoms with Crippen LogP contribution in [0.5, 0.6) is 0 Å². The lowest BCUT2D eigenvalue weighted by Gasteiger charge is -2.41. The molecule has 3 aliphatic rings. The molecule has 6 nitrogen and oxygen atoms in total. The number of nitrogens with zero attached hydrogens (tertiary/aromatic N) is 2. The van der Waals surface area contributed by atoms with Gasteiger partial charge in [0.05, 0.1) is 17.9 Å². The van der Waals surface area contributed by atoms with Crippen LogP contribution in [0.25, 0.3) is 0 Å². The van der Waals surface area contributed by atoms with Crippen molar-refractivity contribution < 1.29 is 18.0 Å². The molecule has 2 amide bonds. The third-order valence-electron chi connectivity index (χ3n) is 5.32. The average molecular weight is 380 g/mol. The highest BCUT2D eigenvalue weighted by Gasteiger charge is 2.53. The summed E-state index contributed by atoms with van der Waals surface area (Å²) in [5, 5.41) is 0. The van der Waals surface area contributed by atoms with Crippen molar-refractivity contribution in [1.29, 1.82) is 0 Å². The number of rotatable bonds is 4. The van der Waals surface area contributed by atoms with Gasteiger partial charge in [-0.25, -0.2) is 8.42 Å². The smallest absolute Gasteiger partial charge is 0.252 e. The van der Waals surface area contributed by atoms with Crippen molar-refractivity contribution >= 4 is 33.2 Å². The van der Waals surface area contributed by atoms with Crippen LogP contribution in [0.15, 0.2) is 28.5 Å². The number of thiophene rings is 1. The summed E-state index contributed by atoms with van der Waals surface area (Å²) in [5.41, 5.74) is 0. The number of likely N-dealkylation sites (tertiary alicyclic amines) is 1. The Morgan fingerprint density at radius 3 is 2.20 bits per heavy atom. The fraction of sp³-hybridized carbons (Fsp3) is 0.529. The number of hydrogen-bond donors (Lipinski definition) is 0. The molecule has 0 bridgehead atoms. The molecule has 134 valence electrons. The zero-order valence-corrected chi connectivity index (χ0v) is 15.6. The van der Waals surface area contributed by atoms with Gasteiger partial charge in [0.15, 0.2) is 0 Å². The number of sulfonamides is 1. The van der Waals surface area contributed by atoms with Crippen molar-refractivity contribution in [3.8, 4) is 0 Å². The highest BCUT2D eigenvalue weighted by Crippen LogP contribution is 2.38. The van der Waals surface area contributed by atoms with E-state index in [0.29, 0.717) is 17.1 Å². The van der Waals surface area contributed by atoms with E-state index in [2.05, 4.69) is 0 Å². The molecule has 25 heavy (non-hydrogen) atoms. The van der Waals surface area contributed by atoms with E-state index >= 15 is 0 Å². The van der Waals surface area contributed by atoms with E-state index in [9.17, 15) is 18.0 Å². The molecule has 0 aromatic carbocycles. The second-order valence-corrected chi connectivity index (χ2v) is 10.1. The first kappa shape index (κ1) is 16.9. The predicted molar refractivity (Wildman–Crippen MR) is 93.5 cm³/mol. The van der Waals surface area contributed by atoms with Gasteiger partial charge in [-0.15, -0.1) is 11.3 Å². The third-order valence-corrected chi connectivity index (χ3v) is 8.84. The zero-order valence-electron chi connectivity index (χ0n) is 13.9. The lowest BCUT2D eigenvalue weighted by Crippen LogP contribution is -2.62. The molecule has 0 N–H and O–H groups in total. The van der Waals surface area contributed by atoms with Crippen LogP contribution in [0.4, 0.5) is 0 Å². The maximum Gasteiger partial charge on any atom is 0.252 e. The van der Waals surface area contributed by atoms with Crippen molar-refractivity contribution in [2.45, 2.75) is 36.4 Å². The van der Waals surface area contributed by atoms with E-state index in [1.54, 1.807) is 6.07 Å². The van der Waals surface area contributed by atoms with Gasteiger partial charge in [0, 0.05) is 18.0 Å².